The minimum atomic E-state index is -0.138. The maximum Gasteiger partial charge on any atom is 0.277 e. The van der Waals surface area contributed by atoms with Crippen LogP contribution < -0.4 is 5.56 Å². The molecule has 0 saturated carbocycles. The Labute approximate surface area is 122 Å². The number of nitrogens with zero attached hydrogens (tertiary/aromatic N) is 4. The molecule has 108 valence electrons. The highest BCUT2D eigenvalue weighted by Crippen LogP contribution is 2.18. The molecule has 6 nitrogen and oxygen atoms in total. The summed E-state index contributed by atoms with van der Waals surface area (Å²) in [6.45, 7) is 9.16. The van der Waals surface area contributed by atoms with Gasteiger partial charge in [-0.2, -0.15) is 10.2 Å². The van der Waals surface area contributed by atoms with Gasteiger partial charge in [0.15, 0.2) is 10.6 Å². The standard InChI is InChI=1S/C13H19N5OS/c1-5-17-11(14-15-13(17)20)9-7-10(8(3)4)16-18(6-2)12(9)19/h7-8H,5-6H2,1-4H3,(H,15,20). The predicted molar refractivity (Wildman–Crippen MR) is 80.3 cm³/mol. The first-order valence-corrected chi connectivity index (χ1v) is 7.18. The van der Waals surface area contributed by atoms with Gasteiger partial charge in [0.05, 0.1) is 11.3 Å². The molecule has 0 saturated heterocycles. The number of aromatic nitrogens is 5. The largest absolute Gasteiger partial charge is 0.300 e. The molecular weight excluding hydrogens is 274 g/mol. The summed E-state index contributed by atoms with van der Waals surface area (Å²) in [6.07, 6.45) is 0. The van der Waals surface area contributed by atoms with E-state index in [1.807, 2.05) is 38.3 Å². The van der Waals surface area contributed by atoms with Crippen LogP contribution in [0.3, 0.4) is 0 Å². The second-order valence-electron chi connectivity index (χ2n) is 4.86. The Morgan fingerprint density at radius 3 is 2.60 bits per heavy atom. The average Bonchev–Trinajstić information content (AvgIpc) is 2.79. The van der Waals surface area contributed by atoms with Gasteiger partial charge in [0.25, 0.3) is 5.56 Å². The molecule has 0 atom stereocenters. The summed E-state index contributed by atoms with van der Waals surface area (Å²) in [6, 6.07) is 1.82. The Morgan fingerprint density at radius 2 is 2.05 bits per heavy atom. The Morgan fingerprint density at radius 1 is 1.35 bits per heavy atom. The van der Waals surface area contributed by atoms with Crippen molar-refractivity contribution in [2.75, 3.05) is 0 Å². The van der Waals surface area contributed by atoms with Gasteiger partial charge >= 0.3 is 0 Å². The van der Waals surface area contributed by atoms with E-state index >= 15 is 0 Å². The van der Waals surface area contributed by atoms with Gasteiger partial charge in [0.1, 0.15) is 0 Å². The third-order valence-electron chi connectivity index (χ3n) is 3.20. The first-order chi connectivity index (χ1) is 9.49. The summed E-state index contributed by atoms with van der Waals surface area (Å²) in [5.74, 6) is 0.818. The van der Waals surface area contributed by atoms with Crippen molar-refractivity contribution < 1.29 is 0 Å². The second kappa shape index (κ2) is 5.70. The highest BCUT2D eigenvalue weighted by Gasteiger charge is 2.16. The molecule has 2 aromatic rings. The molecule has 0 aliphatic carbocycles. The fourth-order valence-corrected chi connectivity index (χ4v) is 2.30. The predicted octanol–water partition coefficient (Wildman–Crippen LogP) is 2.33. The Hall–Kier alpha value is -1.76. The van der Waals surface area contributed by atoms with Crippen molar-refractivity contribution in [3.63, 3.8) is 0 Å². The molecule has 0 bridgehead atoms. The molecule has 0 unspecified atom stereocenters. The van der Waals surface area contributed by atoms with Gasteiger partial charge in [-0.3, -0.25) is 9.89 Å². The SMILES string of the molecule is CCn1nc(C(C)C)cc(-c2n[nH]c(=S)n2CC)c1=O. The van der Waals surface area contributed by atoms with Gasteiger partial charge < -0.3 is 4.57 Å². The molecule has 2 heterocycles. The van der Waals surface area contributed by atoms with E-state index in [1.165, 1.54) is 4.68 Å². The van der Waals surface area contributed by atoms with Crippen molar-refractivity contribution in [1.29, 1.82) is 0 Å². The summed E-state index contributed by atoms with van der Waals surface area (Å²) in [7, 11) is 0. The lowest BCUT2D eigenvalue weighted by atomic mass is 10.1. The van der Waals surface area contributed by atoms with Crippen LogP contribution in [0.5, 0.6) is 0 Å². The molecule has 0 spiro atoms. The number of hydrogen-bond donors (Lipinski definition) is 1. The van der Waals surface area contributed by atoms with Crippen molar-refractivity contribution in [2.45, 2.75) is 46.7 Å². The Bertz CT molecular complexity index is 725. The van der Waals surface area contributed by atoms with Crippen molar-refractivity contribution in [3.05, 3.63) is 26.9 Å². The van der Waals surface area contributed by atoms with E-state index in [4.69, 9.17) is 12.2 Å². The highest BCUT2D eigenvalue weighted by atomic mass is 32.1. The maximum absolute atomic E-state index is 12.5. The lowest BCUT2D eigenvalue weighted by molar-refractivity contribution is 0.586. The molecule has 1 N–H and O–H groups in total. The quantitative estimate of drug-likeness (QED) is 0.878. The number of hydrogen-bond acceptors (Lipinski definition) is 4. The van der Waals surface area contributed by atoms with E-state index in [0.29, 0.717) is 29.2 Å². The minimum Gasteiger partial charge on any atom is -0.300 e. The van der Waals surface area contributed by atoms with Crippen molar-refractivity contribution in [1.82, 2.24) is 24.5 Å². The molecule has 2 rings (SSSR count). The molecule has 0 aliphatic heterocycles. The smallest absolute Gasteiger partial charge is 0.277 e. The maximum atomic E-state index is 12.5. The highest BCUT2D eigenvalue weighted by molar-refractivity contribution is 7.71. The lowest BCUT2D eigenvalue weighted by Crippen LogP contribution is -2.26. The van der Waals surface area contributed by atoms with Crippen LogP contribution in [0.1, 0.15) is 39.3 Å². The Balaban J connectivity index is 2.75. The monoisotopic (exact) mass is 293 g/mol. The fourth-order valence-electron chi connectivity index (χ4n) is 2.04. The number of aromatic amines is 1. The van der Waals surface area contributed by atoms with Crippen LogP contribution in [-0.4, -0.2) is 24.5 Å². The van der Waals surface area contributed by atoms with Gasteiger partial charge in [-0.25, -0.2) is 4.68 Å². The first-order valence-electron chi connectivity index (χ1n) is 6.77. The van der Waals surface area contributed by atoms with Gasteiger partial charge in [-0.15, -0.1) is 0 Å². The van der Waals surface area contributed by atoms with Crippen LogP contribution in [0.2, 0.25) is 0 Å². The zero-order chi connectivity index (χ0) is 14.9. The molecule has 2 aromatic heterocycles. The second-order valence-corrected chi connectivity index (χ2v) is 5.24. The molecule has 20 heavy (non-hydrogen) atoms. The summed E-state index contributed by atoms with van der Waals surface area (Å²) in [5.41, 5.74) is 1.28. The third kappa shape index (κ3) is 2.45. The van der Waals surface area contributed by atoms with Crippen molar-refractivity contribution in [2.24, 2.45) is 0 Å². The summed E-state index contributed by atoms with van der Waals surface area (Å²) in [4.78, 5) is 12.5. The molecule has 0 radical (unpaired) electrons. The van der Waals surface area contributed by atoms with Gasteiger partial charge in [-0.05, 0) is 38.0 Å². The number of H-pyrrole nitrogens is 1. The van der Waals surface area contributed by atoms with Gasteiger partial charge in [0.2, 0.25) is 0 Å². The van der Waals surface area contributed by atoms with Crippen LogP contribution in [0.15, 0.2) is 10.9 Å². The zero-order valence-electron chi connectivity index (χ0n) is 12.2. The normalized spacial score (nSPS) is 11.2. The number of aryl methyl sites for hydroxylation is 1. The molecule has 0 aliphatic rings. The van der Waals surface area contributed by atoms with E-state index in [2.05, 4.69) is 15.3 Å². The minimum absolute atomic E-state index is 0.138. The van der Waals surface area contributed by atoms with Crippen molar-refractivity contribution >= 4 is 12.2 Å². The summed E-state index contributed by atoms with van der Waals surface area (Å²) < 4.78 is 3.81. The van der Waals surface area contributed by atoms with E-state index in [9.17, 15) is 4.79 Å². The fraction of sp³-hybridized carbons (Fsp3) is 0.538. The molecule has 0 amide bonds. The van der Waals surface area contributed by atoms with Gasteiger partial charge in [-0.1, -0.05) is 13.8 Å². The number of nitrogens with one attached hydrogen (secondary N) is 1. The number of rotatable bonds is 4. The topological polar surface area (TPSA) is 68.5 Å². The van der Waals surface area contributed by atoms with E-state index in [0.717, 1.165) is 5.69 Å². The van der Waals surface area contributed by atoms with Gasteiger partial charge in [0, 0.05) is 13.1 Å². The van der Waals surface area contributed by atoms with Crippen LogP contribution in [0.25, 0.3) is 11.4 Å². The van der Waals surface area contributed by atoms with Crippen molar-refractivity contribution in [3.8, 4) is 11.4 Å². The van der Waals surface area contributed by atoms with Crippen LogP contribution in [0.4, 0.5) is 0 Å². The average molecular weight is 293 g/mol. The van der Waals surface area contributed by atoms with E-state index < -0.39 is 0 Å². The molecule has 7 heteroatoms. The van der Waals surface area contributed by atoms with Crippen LogP contribution in [-0.2, 0) is 13.1 Å². The van der Waals surface area contributed by atoms with E-state index in [-0.39, 0.29) is 11.5 Å². The lowest BCUT2D eigenvalue weighted by Gasteiger charge is -2.11. The van der Waals surface area contributed by atoms with Crippen LogP contribution >= 0.6 is 12.2 Å². The molecular formula is C13H19N5OS. The first kappa shape index (κ1) is 14.6. The molecule has 0 fully saturated rings. The molecule has 0 aromatic carbocycles. The van der Waals surface area contributed by atoms with E-state index in [1.54, 1.807) is 0 Å². The third-order valence-corrected chi connectivity index (χ3v) is 3.51. The summed E-state index contributed by atoms with van der Waals surface area (Å²) in [5, 5.41) is 11.3. The zero-order valence-corrected chi connectivity index (χ0v) is 13.0. The Kier molecular flexibility index (Phi) is 4.17. The van der Waals surface area contributed by atoms with Crippen LogP contribution in [0, 0.1) is 4.77 Å². The summed E-state index contributed by atoms with van der Waals surface area (Å²) >= 11 is 5.18.